The van der Waals surface area contributed by atoms with Gasteiger partial charge in [-0.2, -0.15) is 4.98 Å². The van der Waals surface area contributed by atoms with Crippen molar-refractivity contribution in [3.63, 3.8) is 0 Å². The first-order valence-corrected chi connectivity index (χ1v) is 12.3. The van der Waals surface area contributed by atoms with E-state index in [0.29, 0.717) is 35.8 Å². The van der Waals surface area contributed by atoms with Crippen molar-refractivity contribution in [2.45, 2.75) is 30.3 Å². The maximum Gasteiger partial charge on any atom is 0.274 e. The van der Waals surface area contributed by atoms with Gasteiger partial charge in [-0.15, -0.1) is 0 Å². The SMILES string of the molecule is O=C(CCS(=O)(=O)c1ccc(F)cc1)N1CCC(Oc2nc3c(F)cccc3s2)CC1. The van der Waals surface area contributed by atoms with Crippen molar-refractivity contribution in [1.82, 2.24) is 9.88 Å². The number of carbonyl (C=O) groups excluding carboxylic acids is 1. The zero-order valence-corrected chi connectivity index (χ0v) is 18.1. The second kappa shape index (κ2) is 8.88. The molecule has 0 bridgehead atoms. The minimum Gasteiger partial charge on any atom is -0.467 e. The molecule has 1 fully saturated rings. The molecule has 0 aliphatic carbocycles. The highest BCUT2D eigenvalue weighted by Gasteiger charge is 2.26. The van der Waals surface area contributed by atoms with Gasteiger partial charge in [0.2, 0.25) is 5.91 Å². The van der Waals surface area contributed by atoms with Crippen LogP contribution in [0.2, 0.25) is 0 Å². The van der Waals surface area contributed by atoms with Gasteiger partial charge in [-0.1, -0.05) is 17.4 Å². The molecule has 164 valence electrons. The van der Waals surface area contributed by atoms with E-state index in [-0.39, 0.29) is 40.4 Å². The molecule has 1 aliphatic heterocycles. The molecule has 10 heteroatoms. The third kappa shape index (κ3) is 5.01. The molecule has 1 aromatic heterocycles. The average Bonchev–Trinajstić information content (AvgIpc) is 3.17. The van der Waals surface area contributed by atoms with E-state index >= 15 is 0 Å². The summed E-state index contributed by atoms with van der Waals surface area (Å²) < 4.78 is 58.0. The third-order valence-corrected chi connectivity index (χ3v) is 7.81. The number of hydrogen-bond acceptors (Lipinski definition) is 6. The Morgan fingerprint density at radius 1 is 1.13 bits per heavy atom. The Bertz CT molecular complexity index is 1190. The van der Waals surface area contributed by atoms with Crippen LogP contribution in [0.15, 0.2) is 47.4 Å². The van der Waals surface area contributed by atoms with Crippen LogP contribution in [0.4, 0.5) is 8.78 Å². The number of piperidine rings is 1. The second-order valence-corrected chi connectivity index (χ2v) is 10.4. The van der Waals surface area contributed by atoms with Gasteiger partial charge >= 0.3 is 0 Å². The smallest absolute Gasteiger partial charge is 0.274 e. The number of amides is 1. The maximum atomic E-state index is 13.8. The number of aromatic nitrogens is 1. The van der Waals surface area contributed by atoms with Gasteiger partial charge < -0.3 is 9.64 Å². The van der Waals surface area contributed by atoms with Gasteiger partial charge in [0.1, 0.15) is 23.3 Å². The van der Waals surface area contributed by atoms with Gasteiger partial charge in [0.15, 0.2) is 9.84 Å². The summed E-state index contributed by atoms with van der Waals surface area (Å²) in [5, 5.41) is 0.398. The molecular formula is C21H20F2N2O4S2. The monoisotopic (exact) mass is 466 g/mol. The highest BCUT2D eigenvalue weighted by atomic mass is 32.2. The maximum absolute atomic E-state index is 13.8. The van der Waals surface area contributed by atoms with E-state index in [4.69, 9.17) is 4.74 Å². The molecule has 0 atom stereocenters. The van der Waals surface area contributed by atoms with E-state index in [1.807, 2.05) is 0 Å². The number of hydrogen-bond donors (Lipinski definition) is 0. The Labute approximate surface area is 182 Å². The zero-order valence-electron chi connectivity index (χ0n) is 16.5. The van der Waals surface area contributed by atoms with Crippen molar-refractivity contribution in [1.29, 1.82) is 0 Å². The molecule has 4 rings (SSSR count). The number of para-hydroxylation sites is 1. The number of sulfone groups is 1. The Kier molecular flexibility index (Phi) is 6.19. The van der Waals surface area contributed by atoms with Gasteiger partial charge in [0, 0.05) is 32.4 Å². The summed E-state index contributed by atoms with van der Waals surface area (Å²) in [5.41, 5.74) is 0.289. The molecule has 0 unspecified atom stereocenters. The molecule has 31 heavy (non-hydrogen) atoms. The number of thiazole rings is 1. The number of fused-ring (bicyclic) bond motifs is 1. The second-order valence-electron chi connectivity index (χ2n) is 7.29. The lowest BCUT2D eigenvalue weighted by atomic mass is 10.1. The van der Waals surface area contributed by atoms with Crippen LogP contribution < -0.4 is 4.74 Å². The van der Waals surface area contributed by atoms with Gasteiger partial charge in [-0.05, 0) is 36.4 Å². The molecule has 0 spiro atoms. The van der Waals surface area contributed by atoms with E-state index in [2.05, 4.69) is 4.98 Å². The first kappa shape index (κ1) is 21.6. The molecule has 2 heterocycles. The van der Waals surface area contributed by atoms with Crippen LogP contribution in [0.1, 0.15) is 19.3 Å². The standard InChI is InChI=1S/C21H20F2N2O4S2/c22-14-4-6-16(7-5-14)31(27,28)13-10-19(26)25-11-8-15(9-12-25)29-21-24-20-17(23)2-1-3-18(20)30-21/h1-7,15H,8-13H2. The molecule has 1 saturated heterocycles. The summed E-state index contributed by atoms with van der Waals surface area (Å²) in [4.78, 5) is 18.3. The molecule has 1 aliphatic rings. The Hall–Kier alpha value is -2.59. The topological polar surface area (TPSA) is 76.6 Å². The summed E-state index contributed by atoms with van der Waals surface area (Å²) in [6, 6.07) is 9.33. The summed E-state index contributed by atoms with van der Waals surface area (Å²) in [5.74, 6) is -1.48. The van der Waals surface area contributed by atoms with Gasteiger partial charge in [-0.25, -0.2) is 17.2 Å². The Morgan fingerprint density at radius 3 is 2.52 bits per heavy atom. The van der Waals surface area contributed by atoms with E-state index in [9.17, 15) is 22.0 Å². The third-order valence-electron chi connectivity index (χ3n) is 5.17. The number of nitrogens with zero attached hydrogens (tertiary/aromatic N) is 2. The molecule has 6 nitrogen and oxygen atoms in total. The molecule has 0 N–H and O–H groups in total. The van der Waals surface area contributed by atoms with Crippen molar-refractivity contribution in [2.75, 3.05) is 18.8 Å². The molecule has 1 amide bonds. The number of likely N-dealkylation sites (tertiary alicyclic amines) is 1. The Balaban J connectivity index is 1.28. The normalized spacial score (nSPS) is 15.4. The largest absolute Gasteiger partial charge is 0.467 e. The van der Waals surface area contributed by atoms with E-state index in [0.717, 1.165) is 12.1 Å². The Morgan fingerprint density at radius 2 is 1.84 bits per heavy atom. The fraction of sp³-hybridized carbons (Fsp3) is 0.333. The van der Waals surface area contributed by atoms with Crippen LogP contribution in [-0.4, -0.2) is 49.2 Å². The highest BCUT2D eigenvalue weighted by molar-refractivity contribution is 7.91. The molecule has 2 aromatic carbocycles. The van der Waals surface area contributed by atoms with Crippen molar-refractivity contribution in [3.8, 4) is 5.19 Å². The van der Waals surface area contributed by atoms with Crippen molar-refractivity contribution in [3.05, 3.63) is 54.1 Å². The summed E-state index contributed by atoms with van der Waals surface area (Å²) in [6.07, 6.45) is 0.877. The summed E-state index contributed by atoms with van der Waals surface area (Å²) >= 11 is 1.28. The van der Waals surface area contributed by atoms with E-state index in [1.165, 1.54) is 29.5 Å². The van der Waals surface area contributed by atoms with Gasteiger partial charge in [0.05, 0.1) is 15.3 Å². The summed E-state index contributed by atoms with van der Waals surface area (Å²) in [6.45, 7) is 0.888. The van der Waals surface area contributed by atoms with Crippen LogP contribution >= 0.6 is 11.3 Å². The number of benzene rings is 2. The first-order valence-electron chi connectivity index (χ1n) is 9.80. The number of rotatable bonds is 6. The van der Waals surface area contributed by atoms with Crippen LogP contribution in [0.5, 0.6) is 5.19 Å². The lowest BCUT2D eigenvalue weighted by Gasteiger charge is -2.31. The molecule has 0 saturated carbocycles. The first-order chi connectivity index (χ1) is 14.8. The fourth-order valence-corrected chi connectivity index (χ4v) is 5.58. The lowest BCUT2D eigenvalue weighted by molar-refractivity contribution is -0.132. The van der Waals surface area contributed by atoms with Crippen LogP contribution in [-0.2, 0) is 14.6 Å². The lowest BCUT2D eigenvalue weighted by Crippen LogP contribution is -2.42. The molecular weight excluding hydrogens is 446 g/mol. The number of ether oxygens (including phenoxy) is 1. The van der Waals surface area contributed by atoms with Crippen molar-refractivity contribution >= 4 is 37.3 Å². The average molecular weight is 467 g/mol. The van der Waals surface area contributed by atoms with Crippen molar-refractivity contribution < 1.29 is 26.7 Å². The van der Waals surface area contributed by atoms with Crippen LogP contribution in [0.3, 0.4) is 0 Å². The molecule has 0 radical (unpaired) electrons. The predicted molar refractivity (Wildman–Crippen MR) is 113 cm³/mol. The number of carbonyl (C=O) groups is 1. The predicted octanol–water partition coefficient (Wildman–Crippen LogP) is 3.81. The van der Waals surface area contributed by atoms with Gasteiger partial charge in [0.25, 0.3) is 5.19 Å². The van der Waals surface area contributed by atoms with Crippen LogP contribution in [0.25, 0.3) is 10.2 Å². The van der Waals surface area contributed by atoms with E-state index in [1.54, 1.807) is 17.0 Å². The quantitative estimate of drug-likeness (QED) is 0.517. The summed E-state index contributed by atoms with van der Waals surface area (Å²) in [7, 11) is -3.65. The highest BCUT2D eigenvalue weighted by Crippen LogP contribution is 2.31. The van der Waals surface area contributed by atoms with Crippen molar-refractivity contribution in [2.24, 2.45) is 0 Å². The minimum absolute atomic E-state index is 0.001000. The minimum atomic E-state index is -3.65. The van der Waals surface area contributed by atoms with Crippen LogP contribution in [0, 0.1) is 11.6 Å². The zero-order chi connectivity index (χ0) is 22.0. The number of halogens is 2. The fourth-order valence-electron chi connectivity index (χ4n) is 3.45. The molecule has 3 aromatic rings. The van der Waals surface area contributed by atoms with E-state index < -0.39 is 15.7 Å². The van der Waals surface area contributed by atoms with Gasteiger partial charge in [-0.3, -0.25) is 4.79 Å².